The van der Waals surface area contributed by atoms with E-state index in [2.05, 4.69) is 23.3 Å². The summed E-state index contributed by atoms with van der Waals surface area (Å²) in [5.74, 6) is 0. The van der Waals surface area contributed by atoms with Crippen LogP contribution in [0.1, 0.15) is 5.56 Å². The number of nitrogens with zero attached hydrogens (tertiary/aromatic N) is 2. The summed E-state index contributed by atoms with van der Waals surface area (Å²) in [6.07, 6.45) is 1.06. The highest BCUT2D eigenvalue weighted by molar-refractivity contribution is 5.90. The minimum atomic E-state index is -0.204. The third-order valence-electron chi connectivity index (χ3n) is 3.25. The number of nitrogens with one attached hydrogen (secondary N) is 1. The number of urea groups is 1. The summed E-state index contributed by atoms with van der Waals surface area (Å²) >= 11 is 0. The van der Waals surface area contributed by atoms with Gasteiger partial charge in [-0.1, -0.05) is 6.07 Å². The van der Waals surface area contributed by atoms with E-state index in [1.165, 1.54) is 16.2 Å². The molecule has 5 heteroatoms. The zero-order valence-electron chi connectivity index (χ0n) is 10.8. The first-order valence-electron chi connectivity index (χ1n) is 6.09. The number of carbonyl (C=O) groups excluding carboxylic acids is 1. The fraction of sp³-hybridized carbons (Fsp3) is 0.462. The minimum absolute atomic E-state index is 0.0309. The van der Waals surface area contributed by atoms with Crippen LogP contribution in [0.3, 0.4) is 0 Å². The number of hydrogen-bond acceptors (Lipinski definition) is 3. The predicted molar refractivity (Wildman–Crippen MR) is 72.2 cm³/mol. The van der Waals surface area contributed by atoms with Crippen molar-refractivity contribution >= 4 is 17.4 Å². The van der Waals surface area contributed by atoms with Crippen LogP contribution in [0.2, 0.25) is 0 Å². The molecule has 2 amide bonds. The van der Waals surface area contributed by atoms with Crippen LogP contribution >= 0.6 is 0 Å². The van der Waals surface area contributed by atoms with E-state index in [4.69, 9.17) is 5.11 Å². The zero-order valence-corrected chi connectivity index (χ0v) is 10.8. The summed E-state index contributed by atoms with van der Waals surface area (Å²) in [4.78, 5) is 15.4. The van der Waals surface area contributed by atoms with Crippen LogP contribution in [0, 0.1) is 0 Å². The molecule has 0 saturated heterocycles. The maximum absolute atomic E-state index is 11.8. The molecule has 0 bridgehead atoms. The SMILES string of the molecule is CN(CCO)C(=O)Nc1ccc2c(c1)N(C)CC2. The highest BCUT2D eigenvalue weighted by Gasteiger charge is 2.16. The van der Waals surface area contributed by atoms with Crippen LogP contribution in [0.25, 0.3) is 0 Å². The molecule has 0 fully saturated rings. The highest BCUT2D eigenvalue weighted by Crippen LogP contribution is 2.29. The van der Waals surface area contributed by atoms with Crippen molar-refractivity contribution in [3.63, 3.8) is 0 Å². The van der Waals surface area contributed by atoms with E-state index >= 15 is 0 Å². The highest BCUT2D eigenvalue weighted by atomic mass is 16.3. The predicted octanol–water partition coefficient (Wildman–Crippen LogP) is 1.13. The maximum Gasteiger partial charge on any atom is 0.321 e. The first-order chi connectivity index (χ1) is 8.61. The summed E-state index contributed by atoms with van der Waals surface area (Å²) in [6.45, 7) is 1.32. The van der Waals surface area contributed by atoms with Gasteiger partial charge in [0.05, 0.1) is 6.61 Å². The van der Waals surface area contributed by atoms with Gasteiger partial charge in [0.25, 0.3) is 0 Å². The molecule has 18 heavy (non-hydrogen) atoms. The van der Waals surface area contributed by atoms with E-state index in [0.29, 0.717) is 6.54 Å². The molecule has 0 unspecified atom stereocenters. The standard InChI is InChI=1S/C13H19N3O2/c1-15-6-5-10-3-4-11(9-12(10)15)14-13(18)16(2)7-8-17/h3-4,9,17H,5-8H2,1-2H3,(H,14,18). The van der Waals surface area contributed by atoms with Gasteiger partial charge in [0.2, 0.25) is 0 Å². The van der Waals surface area contributed by atoms with E-state index in [0.717, 1.165) is 18.7 Å². The number of amides is 2. The molecule has 0 radical (unpaired) electrons. The minimum Gasteiger partial charge on any atom is -0.395 e. The first kappa shape index (κ1) is 12.7. The summed E-state index contributed by atoms with van der Waals surface area (Å²) in [5, 5.41) is 11.6. The summed E-state index contributed by atoms with van der Waals surface area (Å²) in [6, 6.07) is 5.76. The molecule has 1 aliphatic rings. The smallest absolute Gasteiger partial charge is 0.321 e. The fourth-order valence-electron chi connectivity index (χ4n) is 2.09. The molecule has 0 aliphatic carbocycles. The van der Waals surface area contributed by atoms with Crippen molar-refractivity contribution in [2.75, 3.05) is 44.0 Å². The molecule has 0 aromatic heterocycles. The van der Waals surface area contributed by atoms with Crippen LogP contribution in [-0.2, 0) is 6.42 Å². The second kappa shape index (κ2) is 5.27. The Morgan fingerprint density at radius 3 is 3.06 bits per heavy atom. The topological polar surface area (TPSA) is 55.8 Å². The molecule has 2 rings (SSSR count). The number of carbonyl (C=O) groups is 1. The largest absolute Gasteiger partial charge is 0.395 e. The summed E-state index contributed by atoms with van der Waals surface area (Å²) in [7, 11) is 3.71. The van der Waals surface area contributed by atoms with Gasteiger partial charge in [-0.3, -0.25) is 0 Å². The van der Waals surface area contributed by atoms with Gasteiger partial charge in [0, 0.05) is 38.6 Å². The van der Waals surface area contributed by atoms with Crippen LogP contribution in [0.4, 0.5) is 16.2 Å². The third kappa shape index (κ3) is 2.56. The average molecular weight is 249 g/mol. The molecule has 1 aromatic carbocycles. The van der Waals surface area contributed by atoms with Crippen molar-refractivity contribution in [3.8, 4) is 0 Å². The lowest BCUT2D eigenvalue weighted by Crippen LogP contribution is -2.33. The van der Waals surface area contributed by atoms with Crippen LogP contribution in [0.5, 0.6) is 0 Å². The average Bonchev–Trinajstić information content (AvgIpc) is 2.71. The monoisotopic (exact) mass is 249 g/mol. The quantitative estimate of drug-likeness (QED) is 0.844. The second-order valence-electron chi connectivity index (χ2n) is 4.59. The third-order valence-corrected chi connectivity index (χ3v) is 3.25. The number of anilines is 2. The number of fused-ring (bicyclic) bond motifs is 1. The molecular weight excluding hydrogens is 230 g/mol. The number of aliphatic hydroxyl groups is 1. The Morgan fingerprint density at radius 2 is 2.33 bits per heavy atom. The number of likely N-dealkylation sites (N-methyl/N-ethyl adjacent to an activating group) is 2. The van der Waals surface area contributed by atoms with E-state index in [-0.39, 0.29) is 12.6 Å². The lowest BCUT2D eigenvalue weighted by molar-refractivity contribution is 0.202. The molecule has 98 valence electrons. The first-order valence-corrected chi connectivity index (χ1v) is 6.09. The van der Waals surface area contributed by atoms with Crippen molar-refractivity contribution in [2.45, 2.75) is 6.42 Å². The number of aliphatic hydroxyl groups excluding tert-OH is 1. The number of benzene rings is 1. The van der Waals surface area contributed by atoms with Crippen LogP contribution in [-0.4, -0.2) is 49.8 Å². The molecule has 0 spiro atoms. The van der Waals surface area contributed by atoms with Crippen molar-refractivity contribution < 1.29 is 9.90 Å². The van der Waals surface area contributed by atoms with Gasteiger partial charge in [-0.25, -0.2) is 4.79 Å². The van der Waals surface area contributed by atoms with Gasteiger partial charge in [-0.05, 0) is 24.1 Å². The molecule has 5 nitrogen and oxygen atoms in total. The molecule has 1 aromatic rings. The lowest BCUT2D eigenvalue weighted by atomic mass is 10.1. The van der Waals surface area contributed by atoms with E-state index < -0.39 is 0 Å². The molecule has 1 aliphatic heterocycles. The fourth-order valence-corrected chi connectivity index (χ4v) is 2.09. The van der Waals surface area contributed by atoms with E-state index in [1.54, 1.807) is 7.05 Å². The lowest BCUT2D eigenvalue weighted by Gasteiger charge is -2.18. The zero-order chi connectivity index (χ0) is 13.1. The van der Waals surface area contributed by atoms with Gasteiger partial charge >= 0.3 is 6.03 Å². The second-order valence-corrected chi connectivity index (χ2v) is 4.59. The van der Waals surface area contributed by atoms with E-state index in [9.17, 15) is 4.79 Å². The summed E-state index contributed by atoms with van der Waals surface area (Å²) < 4.78 is 0. The van der Waals surface area contributed by atoms with Gasteiger partial charge in [0.1, 0.15) is 0 Å². The summed E-state index contributed by atoms with van der Waals surface area (Å²) in [5.41, 5.74) is 3.29. The van der Waals surface area contributed by atoms with Gasteiger partial charge in [-0.15, -0.1) is 0 Å². The molecular formula is C13H19N3O2. The van der Waals surface area contributed by atoms with Crippen molar-refractivity contribution in [1.82, 2.24) is 4.90 Å². The van der Waals surface area contributed by atoms with Crippen LogP contribution < -0.4 is 10.2 Å². The normalized spacial score (nSPS) is 13.4. The van der Waals surface area contributed by atoms with Crippen molar-refractivity contribution in [3.05, 3.63) is 23.8 Å². The van der Waals surface area contributed by atoms with Crippen LogP contribution in [0.15, 0.2) is 18.2 Å². The Balaban J connectivity index is 2.07. The van der Waals surface area contributed by atoms with Gasteiger partial charge in [-0.2, -0.15) is 0 Å². The Kier molecular flexibility index (Phi) is 3.72. The Morgan fingerprint density at radius 1 is 1.56 bits per heavy atom. The molecule has 1 heterocycles. The van der Waals surface area contributed by atoms with Crippen molar-refractivity contribution in [1.29, 1.82) is 0 Å². The molecule has 2 N–H and O–H groups in total. The number of hydrogen-bond donors (Lipinski definition) is 2. The molecule has 0 saturated carbocycles. The number of rotatable bonds is 3. The van der Waals surface area contributed by atoms with E-state index in [1.807, 2.05) is 12.1 Å². The van der Waals surface area contributed by atoms with Crippen molar-refractivity contribution in [2.24, 2.45) is 0 Å². The Hall–Kier alpha value is -1.75. The molecule has 0 atom stereocenters. The maximum atomic E-state index is 11.8. The van der Waals surface area contributed by atoms with Gasteiger partial charge < -0.3 is 20.2 Å². The Labute approximate surface area is 107 Å². The van der Waals surface area contributed by atoms with Gasteiger partial charge in [0.15, 0.2) is 0 Å². The Bertz CT molecular complexity index is 448.